The molecule has 0 amide bonds. The second kappa shape index (κ2) is 7.90. The van der Waals surface area contributed by atoms with E-state index >= 15 is 0 Å². The highest BCUT2D eigenvalue weighted by Crippen LogP contribution is 2.38. The van der Waals surface area contributed by atoms with Gasteiger partial charge in [0.05, 0.1) is 14.2 Å². The van der Waals surface area contributed by atoms with E-state index in [-0.39, 0.29) is 5.41 Å². The molecule has 120 valence electrons. The van der Waals surface area contributed by atoms with Gasteiger partial charge in [-0.05, 0) is 29.9 Å². The molecular formula is C17H28ClNO2. The maximum Gasteiger partial charge on any atom is 0.144 e. The van der Waals surface area contributed by atoms with Crippen LogP contribution in [0, 0.1) is 5.41 Å². The smallest absolute Gasteiger partial charge is 0.144 e. The topological polar surface area (TPSA) is 30.5 Å². The molecule has 0 bridgehead atoms. The third-order valence-electron chi connectivity index (χ3n) is 3.63. The highest BCUT2D eigenvalue weighted by atomic mass is 35.5. The lowest BCUT2D eigenvalue weighted by molar-refractivity contribution is 0.302. The zero-order chi connectivity index (χ0) is 16.0. The minimum absolute atomic E-state index is 0.224. The van der Waals surface area contributed by atoms with Crippen molar-refractivity contribution in [2.45, 2.75) is 46.6 Å². The standard InChI is InChI=1S/C17H28ClNO2/c1-12(2)19-11-17(3,4)10-9-13-7-8-14(20-5)15(18)16(13)21-6/h7-8,12,19H,9-11H2,1-6H3. The lowest BCUT2D eigenvalue weighted by Crippen LogP contribution is -2.34. The summed E-state index contributed by atoms with van der Waals surface area (Å²) in [6.45, 7) is 9.89. The number of hydrogen-bond acceptors (Lipinski definition) is 3. The second-order valence-corrected chi connectivity index (χ2v) is 6.85. The first-order valence-corrected chi connectivity index (χ1v) is 7.81. The Bertz CT molecular complexity index is 458. The van der Waals surface area contributed by atoms with Crippen molar-refractivity contribution in [1.29, 1.82) is 0 Å². The van der Waals surface area contributed by atoms with Gasteiger partial charge in [0.25, 0.3) is 0 Å². The molecule has 0 unspecified atom stereocenters. The Morgan fingerprint density at radius 1 is 1.19 bits per heavy atom. The number of ether oxygens (including phenoxy) is 2. The van der Waals surface area contributed by atoms with Crippen molar-refractivity contribution in [3.05, 3.63) is 22.7 Å². The SMILES string of the molecule is COc1ccc(CCC(C)(C)CNC(C)C)c(OC)c1Cl. The maximum atomic E-state index is 6.30. The molecule has 0 atom stereocenters. The normalized spacial score (nSPS) is 11.8. The largest absolute Gasteiger partial charge is 0.495 e. The van der Waals surface area contributed by atoms with Gasteiger partial charge in [-0.2, -0.15) is 0 Å². The first-order chi connectivity index (χ1) is 9.80. The van der Waals surface area contributed by atoms with E-state index in [1.165, 1.54) is 0 Å². The molecule has 0 saturated carbocycles. The van der Waals surface area contributed by atoms with Crippen LogP contribution < -0.4 is 14.8 Å². The summed E-state index contributed by atoms with van der Waals surface area (Å²) >= 11 is 6.30. The van der Waals surface area contributed by atoms with E-state index in [9.17, 15) is 0 Å². The van der Waals surface area contributed by atoms with E-state index in [0.717, 1.165) is 30.7 Å². The van der Waals surface area contributed by atoms with Gasteiger partial charge in [0.2, 0.25) is 0 Å². The molecule has 0 spiro atoms. The van der Waals surface area contributed by atoms with Crippen LogP contribution in [0.15, 0.2) is 12.1 Å². The molecule has 0 aromatic heterocycles. The second-order valence-electron chi connectivity index (χ2n) is 6.47. The van der Waals surface area contributed by atoms with Gasteiger partial charge in [0.15, 0.2) is 0 Å². The van der Waals surface area contributed by atoms with Gasteiger partial charge < -0.3 is 14.8 Å². The molecule has 0 fully saturated rings. The number of benzene rings is 1. The summed E-state index contributed by atoms with van der Waals surface area (Å²) in [7, 11) is 3.26. The Balaban J connectivity index is 2.77. The quantitative estimate of drug-likeness (QED) is 0.775. The van der Waals surface area contributed by atoms with Crippen LogP contribution in [-0.4, -0.2) is 26.8 Å². The van der Waals surface area contributed by atoms with Gasteiger partial charge in [0.1, 0.15) is 16.5 Å². The minimum Gasteiger partial charge on any atom is -0.495 e. The molecule has 4 heteroatoms. The Labute approximate surface area is 134 Å². The maximum absolute atomic E-state index is 6.30. The summed E-state index contributed by atoms with van der Waals surface area (Å²) in [4.78, 5) is 0. The van der Waals surface area contributed by atoms with Crippen molar-refractivity contribution >= 4 is 11.6 Å². The van der Waals surface area contributed by atoms with E-state index in [2.05, 4.69) is 33.0 Å². The van der Waals surface area contributed by atoms with Crippen LogP contribution in [-0.2, 0) is 6.42 Å². The fourth-order valence-corrected chi connectivity index (χ4v) is 2.53. The zero-order valence-electron chi connectivity index (χ0n) is 14.0. The van der Waals surface area contributed by atoms with E-state index in [1.807, 2.05) is 12.1 Å². The Morgan fingerprint density at radius 2 is 1.86 bits per heavy atom. The third kappa shape index (κ3) is 5.40. The molecule has 0 radical (unpaired) electrons. The summed E-state index contributed by atoms with van der Waals surface area (Å²) in [5.74, 6) is 1.38. The lowest BCUT2D eigenvalue weighted by atomic mass is 9.86. The first-order valence-electron chi connectivity index (χ1n) is 7.43. The van der Waals surface area contributed by atoms with E-state index in [1.54, 1.807) is 14.2 Å². The molecule has 1 aromatic carbocycles. The number of aryl methyl sites for hydroxylation is 1. The summed E-state index contributed by atoms with van der Waals surface area (Å²) in [6, 6.07) is 4.45. The van der Waals surface area contributed by atoms with Crippen LogP contribution in [0.3, 0.4) is 0 Å². The van der Waals surface area contributed by atoms with Crippen molar-refractivity contribution in [2.75, 3.05) is 20.8 Å². The fraction of sp³-hybridized carbons (Fsp3) is 0.647. The molecule has 0 saturated heterocycles. The molecule has 1 N–H and O–H groups in total. The van der Waals surface area contributed by atoms with Crippen molar-refractivity contribution in [3.8, 4) is 11.5 Å². The number of methoxy groups -OCH3 is 2. The van der Waals surface area contributed by atoms with Crippen LogP contribution in [0.25, 0.3) is 0 Å². The van der Waals surface area contributed by atoms with Crippen LogP contribution in [0.4, 0.5) is 0 Å². The van der Waals surface area contributed by atoms with Gasteiger partial charge in [-0.15, -0.1) is 0 Å². The lowest BCUT2D eigenvalue weighted by Gasteiger charge is -2.27. The molecule has 0 aliphatic heterocycles. The number of rotatable bonds is 8. The van der Waals surface area contributed by atoms with E-state index in [4.69, 9.17) is 21.1 Å². The Hall–Kier alpha value is -0.930. The molecule has 0 heterocycles. The molecule has 3 nitrogen and oxygen atoms in total. The summed E-state index contributed by atoms with van der Waals surface area (Å²) in [6.07, 6.45) is 1.99. The van der Waals surface area contributed by atoms with E-state index in [0.29, 0.717) is 16.8 Å². The number of halogens is 1. The molecule has 0 aliphatic carbocycles. The predicted octanol–water partition coefficient (Wildman–Crippen LogP) is 4.31. The zero-order valence-corrected chi connectivity index (χ0v) is 14.8. The monoisotopic (exact) mass is 313 g/mol. The third-order valence-corrected chi connectivity index (χ3v) is 3.99. The van der Waals surface area contributed by atoms with Gasteiger partial charge in [-0.1, -0.05) is 45.4 Å². The van der Waals surface area contributed by atoms with Crippen molar-refractivity contribution in [1.82, 2.24) is 5.32 Å². The van der Waals surface area contributed by atoms with Gasteiger partial charge >= 0.3 is 0 Å². The minimum atomic E-state index is 0.224. The summed E-state index contributed by atoms with van der Waals surface area (Å²) < 4.78 is 10.7. The average molecular weight is 314 g/mol. The Morgan fingerprint density at radius 3 is 2.38 bits per heavy atom. The van der Waals surface area contributed by atoms with Gasteiger partial charge in [-0.3, -0.25) is 0 Å². The average Bonchev–Trinajstić information content (AvgIpc) is 2.43. The van der Waals surface area contributed by atoms with Crippen molar-refractivity contribution in [3.63, 3.8) is 0 Å². The first kappa shape index (κ1) is 18.1. The van der Waals surface area contributed by atoms with Gasteiger partial charge in [0, 0.05) is 12.6 Å². The van der Waals surface area contributed by atoms with Crippen LogP contribution in [0.2, 0.25) is 5.02 Å². The highest BCUT2D eigenvalue weighted by Gasteiger charge is 2.20. The molecule has 0 aliphatic rings. The van der Waals surface area contributed by atoms with E-state index < -0.39 is 0 Å². The molecule has 1 aromatic rings. The van der Waals surface area contributed by atoms with Crippen molar-refractivity contribution < 1.29 is 9.47 Å². The highest BCUT2D eigenvalue weighted by molar-refractivity contribution is 6.33. The molecular weight excluding hydrogens is 286 g/mol. The number of hydrogen-bond donors (Lipinski definition) is 1. The van der Waals surface area contributed by atoms with Crippen LogP contribution in [0.5, 0.6) is 11.5 Å². The summed E-state index contributed by atoms with van der Waals surface area (Å²) in [5.41, 5.74) is 1.35. The predicted molar refractivity (Wildman–Crippen MR) is 89.8 cm³/mol. The fourth-order valence-electron chi connectivity index (χ4n) is 2.20. The summed E-state index contributed by atoms with van der Waals surface area (Å²) in [5, 5.41) is 4.05. The number of nitrogens with one attached hydrogen (secondary N) is 1. The van der Waals surface area contributed by atoms with Crippen molar-refractivity contribution in [2.24, 2.45) is 5.41 Å². The van der Waals surface area contributed by atoms with Gasteiger partial charge in [-0.25, -0.2) is 0 Å². The molecule has 21 heavy (non-hydrogen) atoms. The van der Waals surface area contributed by atoms with Crippen LogP contribution in [0.1, 0.15) is 39.7 Å². The Kier molecular flexibility index (Phi) is 6.82. The molecule has 1 rings (SSSR count). The van der Waals surface area contributed by atoms with Crippen LogP contribution >= 0.6 is 11.6 Å².